The molecule has 2 amide bonds. The van der Waals surface area contributed by atoms with Crippen LogP contribution in [0, 0.1) is 5.82 Å². The second-order valence-electron chi connectivity index (χ2n) is 8.07. The van der Waals surface area contributed by atoms with E-state index in [1.54, 1.807) is 11.8 Å². The SMILES string of the molecule is CSC.Cn1c(=O)cnc2cc(F)c(OCCNCC3CN(c4cnc5c(n4)NC(=O)CS5)C(=O)O3)nc21. The van der Waals surface area contributed by atoms with Gasteiger partial charge in [-0.1, -0.05) is 11.8 Å². The average Bonchev–Trinajstić information content (AvgIpc) is 3.27. The minimum Gasteiger partial charge on any atom is -0.474 e. The quantitative estimate of drug-likeness (QED) is 0.397. The Morgan fingerprint density at radius 2 is 2.05 bits per heavy atom. The van der Waals surface area contributed by atoms with Crippen molar-refractivity contribution in [1.82, 2.24) is 29.8 Å². The van der Waals surface area contributed by atoms with E-state index >= 15 is 0 Å². The Kier molecular flexibility index (Phi) is 8.96. The van der Waals surface area contributed by atoms with Gasteiger partial charge in [-0.2, -0.15) is 16.7 Å². The predicted molar refractivity (Wildman–Crippen MR) is 142 cm³/mol. The molecule has 0 radical (unpaired) electrons. The van der Waals surface area contributed by atoms with Crippen LogP contribution in [0.15, 0.2) is 28.3 Å². The van der Waals surface area contributed by atoms with Gasteiger partial charge in [-0.15, -0.1) is 0 Å². The lowest BCUT2D eigenvalue weighted by Gasteiger charge is -2.17. The molecule has 202 valence electrons. The van der Waals surface area contributed by atoms with Gasteiger partial charge in [-0.05, 0) is 12.5 Å². The van der Waals surface area contributed by atoms with E-state index in [1.165, 1.54) is 34.5 Å². The van der Waals surface area contributed by atoms with Crippen LogP contribution in [0.3, 0.4) is 0 Å². The first-order chi connectivity index (χ1) is 18.3. The lowest BCUT2D eigenvalue weighted by molar-refractivity contribution is -0.113. The van der Waals surface area contributed by atoms with Crippen LogP contribution in [-0.4, -0.2) is 87.1 Å². The lowest BCUT2D eigenvalue weighted by atomic mass is 10.3. The number of nitrogens with zero attached hydrogens (tertiary/aromatic N) is 6. The van der Waals surface area contributed by atoms with Crippen molar-refractivity contribution in [2.45, 2.75) is 11.1 Å². The number of fused-ring (bicyclic) bond motifs is 2. The zero-order chi connectivity index (χ0) is 27.2. The van der Waals surface area contributed by atoms with E-state index in [0.29, 0.717) is 23.9 Å². The van der Waals surface area contributed by atoms with E-state index in [0.717, 1.165) is 12.3 Å². The van der Waals surface area contributed by atoms with Crippen molar-refractivity contribution in [3.05, 3.63) is 34.6 Å². The molecule has 1 unspecified atom stereocenters. The van der Waals surface area contributed by atoms with Crippen LogP contribution in [0.4, 0.5) is 20.8 Å². The summed E-state index contributed by atoms with van der Waals surface area (Å²) >= 11 is 3.03. The van der Waals surface area contributed by atoms with Gasteiger partial charge >= 0.3 is 6.09 Å². The molecule has 3 aromatic rings. The molecule has 38 heavy (non-hydrogen) atoms. The number of carbonyl (C=O) groups excluding carboxylic acids is 2. The van der Waals surface area contributed by atoms with Gasteiger partial charge in [0.15, 0.2) is 23.1 Å². The zero-order valence-electron chi connectivity index (χ0n) is 20.8. The smallest absolute Gasteiger partial charge is 0.416 e. The molecule has 13 nitrogen and oxygen atoms in total. The molecule has 1 saturated heterocycles. The molecule has 1 atom stereocenters. The molecular formula is C22H25FN8O5S2. The molecule has 0 aliphatic carbocycles. The number of amides is 2. The number of carbonyl (C=O) groups is 2. The molecule has 3 aromatic heterocycles. The van der Waals surface area contributed by atoms with Crippen molar-refractivity contribution in [3.8, 4) is 5.88 Å². The highest BCUT2D eigenvalue weighted by Gasteiger charge is 2.34. The highest BCUT2D eigenvalue weighted by Crippen LogP contribution is 2.30. The number of pyridine rings is 1. The summed E-state index contributed by atoms with van der Waals surface area (Å²) in [5.41, 5.74) is 0.0880. The van der Waals surface area contributed by atoms with E-state index in [2.05, 4.69) is 30.6 Å². The van der Waals surface area contributed by atoms with Crippen LogP contribution < -0.4 is 25.8 Å². The number of rotatable bonds is 7. The summed E-state index contributed by atoms with van der Waals surface area (Å²) in [6, 6.07) is 1.16. The first kappa shape index (κ1) is 27.5. The molecule has 0 saturated carbocycles. The van der Waals surface area contributed by atoms with Gasteiger partial charge in [0.25, 0.3) is 11.4 Å². The summed E-state index contributed by atoms with van der Waals surface area (Å²) in [7, 11) is 1.51. The molecule has 5 heterocycles. The Labute approximate surface area is 224 Å². The van der Waals surface area contributed by atoms with Gasteiger partial charge in [0.2, 0.25) is 5.91 Å². The fraction of sp³-hybridized carbons (Fsp3) is 0.409. The molecule has 2 N–H and O–H groups in total. The number of anilines is 2. The van der Waals surface area contributed by atoms with Crippen molar-refractivity contribution in [2.24, 2.45) is 7.05 Å². The summed E-state index contributed by atoms with van der Waals surface area (Å²) in [6.07, 6.45) is 5.61. The third-order valence-electron chi connectivity index (χ3n) is 5.23. The number of aryl methyl sites for hydroxylation is 1. The van der Waals surface area contributed by atoms with Gasteiger partial charge in [0, 0.05) is 26.2 Å². The number of thioether (sulfide) groups is 2. The van der Waals surface area contributed by atoms with Crippen LogP contribution in [0.25, 0.3) is 11.2 Å². The Morgan fingerprint density at radius 3 is 2.84 bits per heavy atom. The summed E-state index contributed by atoms with van der Waals surface area (Å²) in [5.74, 6) is -0.238. The first-order valence-corrected chi connectivity index (χ1v) is 14.0. The van der Waals surface area contributed by atoms with Crippen molar-refractivity contribution in [2.75, 3.05) is 54.7 Å². The van der Waals surface area contributed by atoms with E-state index in [1.807, 2.05) is 12.5 Å². The molecule has 5 rings (SSSR count). The molecule has 2 aliphatic rings. The second-order valence-corrected chi connectivity index (χ2v) is 9.85. The Balaban J connectivity index is 0.00000107. The molecule has 0 aromatic carbocycles. The maximum atomic E-state index is 14.2. The average molecular weight is 565 g/mol. The topological polar surface area (TPSA) is 153 Å². The molecule has 2 aliphatic heterocycles. The van der Waals surface area contributed by atoms with E-state index in [9.17, 15) is 18.8 Å². The fourth-order valence-corrected chi connectivity index (χ4v) is 4.20. The maximum absolute atomic E-state index is 14.2. The standard InChI is InChI=1S/C20H19FN8O5S.C2H6S/c1-28-15(31)7-23-12-4-11(21)18(27-17(12)28)33-3-2-22-5-10-8-29(20(32)34-10)13-6-24-19-16(25-13)26-14(30)9-35-19;1-3-2/h4,6-7,10,22H,2-3,5,8-9H2,1H3,(H,25,26,30);1-2H3. The van der Waals surface area contributed by atoms with Crippen molar-refractivity contribution < 1.29 is 23.5 Å². The summed E-state index contributed by atoms with van der Waals surface area (Å²) < 4.78 is 26.3. The highest BCUT2D eigenvalue weighted by molar-refractivity contribution is 8.00. The number of nitrogens with one attached hydrogen (secondary N) is 2. The molecule has 0 spiro atoms. The van der Waals surface area contributed by atoms with E-state index in [-0.39, 0.29) is 53.2 Å². The number of cyclic esters (lactones) is 1. The monoisotopic (exact) mass is 564 g/mol. The fourth-order valence-electron chi connectivity index (χ4n) is 3.50. The second kappa shape index (κ2) is 12.4. The Bertz CT molecular complexity index is 1410. The number of halogens is 1. The molecular weight excluding hydrogens is 539 g/mol. The van der Waals surface area contributed by atoms with Crippen LogP contribution in [-0.2, 0) is 16.6 Å². The minimum absolute atomic E-state index is 0.0850. The number of hydrogen-bond acceptors (Lipinski definition) is 12. The minimum atomic E-state index is -0.690. The normalized spacial score (nSPS) is 16.4. The third kappa shape index (κ3) is 6.31. The number of aromatic nitrogens is 5. The van der Waals surface area contributed by atoms with Gasteiger partial charge < -0.3 is 20.1 Å². The van der Waals surface area contributed by atoms with Crippen LogP contribution in [0.2, 0.25) is 0 Å². The molecule has 16 heteroatoms. The van der Waals surface area contributed by atoms with E-state index in [4.69, 9.17) is 9.47 Å². The van der Waals surface area contributed by atoms with Gasteiger partial charge in [0.05, 0.1) is 24.7 Å². The number of ether oxygens (including phenoxy) is 2. The van der Waals surface area contributed by atoms with Crippen molar-refractivity contribution in [1.29, 1.82) is 0 Å². The molecule has 0 bridgehead atoms. The van der Waals surface area contributed by atoms with E-state index < -0.39 is 18.0 Å². The Hall–Kier alpha value is -3.50. The van der Waals surface area contributed by atoms with Crippen LogP contribution in [0.1, 0.15) is 0 Å². The van der Waals surface area contributed by atoms with Crippen LogP contribution in [0.5, 0.6) is 5.88 Å². The Morgan fingerprint density at radius 1 is 1.26 bits per heavy atom. The predicted octanol–water partition coefficient (Wildman–Crippen LogP) is 1.27. The third-order valence-corrected chi connectivity index (χ3v) is 6.21. The zero-order valence-corrected chi connectivity index (χ0v) is 22.4. The lowest BCUT2D eigenvalue weighted by Crippen LogP contribution is -2.33. The van der Waals surface area contributed by atoms with Crippen LogP contribution >= 0.6 is 23.5 Å². The number of hydrogen-bond donors (Lipinski definition) is 2. The maximum Gasteiger partial charge on any atom is 0.416 e. The van der Waals surface area contributed by atoms with Gasteiger partial charge in [-0.3, -0.25) is 19.1 Å². The highest BCUT2D eigenvalue weighted by atomic mass is 32.2. The largest absolute Gasteiger partial charge is 0.474 e. The van der Waals surface area contributed by atoms with Gasteiger partial charge in [0.1, 0.15) is 23.3 Å². The summed E-state index contributed by atoms with van der Waals surface area (Å²) in [5, 5.41) is 6.31. The summed E-state index contributed by atoms with van der Waals surface area (Å²) in [6.45, 7) is 0.967. The summed E-state index contributed by atoms with van der Waals surface area (Å²) in [4.78, 5) is 53.4. The molecule has 1 fully saturated rings. The van der Waals surface area contributed by atoms with Gasteiger partial charge in [-0.25, -0.2) is 24.1 Å². The van der Waals surface area contributed by atoms with Crippen molar-refractivity contribution in [3.63, 3.8) is 0 Å². The first-order valence-electron chi connectivity index (χ1n) is 11.3. The van der Waals surface area contributed by atoms with Crippen molar-refractivity contribution >= 4 is 58.3 Å².